The molecule has 1 aliphatic rings. The first-order chi connectivity index (χ1) is 3.93. The van der Waals surface area contributed by atoms with E-state index in [0.29, 0.717) is 6.10 Å². The molecular formula is C6H14ClNO. The maximum atomic E-state index is 5.36. The number of halogens is 1. The van der Waals surface area contributed by atoms with Gasteiger partial charge in [-0.25, -0.2) is 0 Å². The van der Waals surface area contributed by atoms with Crippen molar-refractivity contribution in [2.24, 2.45) is 0 Å². The maximum absolute atomic E-state index is 5.36. The van der Waals surface area contributed by atoms with Crippen LogP contribution in [0.2, 0.25) is 0 Å². The smallest absolute Gasteiger partial charge is 0.0823 e. The SMILES string of the molecule is CCCOC1CNC1.Cl. The third kappa shape index (κ3) is 3.04. The fourth-order valence-corrected chi connectivity index (χ4v) is 0.665. The van der Waals surface area contributed by atoms with Gasteiger partial charge in [-0.15, -0.1) is 12.4 Å². The zero-order valence-corrected chi connectivity index (χ0v) is 6.54. The molecule has 3 heteroatoms. The lowest BCUT2D eigenvalue weighted by atomic mass is 10.2. The lowest BCUT2D eigenvalue weighted by Gasteiger charge is -2.26. The number of rotatable bonds is 3. The minimum Gasteiger partial charge on any atom is -0.376 e. The van der Waals surface area contributed by atoms with Crippen molar-refractivity contribution in [2.75, 3.05) is 19.7 Å². The topological polar surface area (TPSA) is 21.3 Å². The Bertz CT molecular complexity index is 66.1. The Morgan fingerprint density at radius 2 is 2.22 bits per heavy atom. The predicted molar refractivity (Wildman–Crippen MR) is 40.1 cm³/mol. The highest BCUT2D eigenvalue weighted by atomic mass is 35.5. The molecule has 0 aliphatic carbocycles. The van der Waals surface area contributed by atoms with Gasteiger partial charge >= 0.3 is 0 Å². The van der Waals surface area contributed by atoms with Gasteiger partial charge in [0, 0.05) is 19.7 Å². The first kappa shape index (κ1) is 9.21. The van der Waals surface area contributed by atoms with Gasteiger partial charge in [-0.05, 0) is 6.42 Å². The molecule has 1 N–H and O–H groups in total. The van der Waals surface area contributed by atoms with Gasteiger partial charge in [0.1, 0.15) is 0 Å². The van der Waals surface area contributed by atoms with E-state index in [1.54, 1.807) is 0 Å². The second-order valence-electron chi connectivity index (χ2n) is 2.15. The van der Waals surface area contributed by atoms with E-state index in [0.717, 1.165) is 26.1 Å². The van der Waals surface area contributed by atoms with Crippen molar-refractivity contribution in [1.82, 2.24) is 5.32 Å². The molecule has 0 aromatic rings. The molecule has 0 aromatic carbocycles. The van der Waals surface area contributed by atoms with Gasteiger partial charge in [0.25, 0.3) is 0 Å². The van der Waals surface area contributed by atoms with Crippen LogP contribution in [0, 0.1) is 0 Å². The van der Waals surface area contributed by atoms with Crippen LogP contribution in [0.4, 0.5) is 0 Å². The highest BCUT2D eigenvalue weighted by Crippen LogP contribution is 1.97. The Morgan fingerprint density at radius 1 is 1.56 bits per heavy atom. The second-order valence-corrected chi connectivity index (χ2v) is 2.15. The minimum atomic E-state index is 0. The van der Waals surface area contributed by atoms with Gasteiger partial charge in [-0.2, -0.15) is 0 Å². The number of hydrogen-bond acceptors (Lipinski definition) is 2. The molecule has 1 saturated heterocycles. The fourth-order valence-electron chi connectivity index (χ4n) is 0.665. The van der Waals surface area contributed by atoms with Crippen molar-refractivity contribution >= 4 is 12.4 Å². The van der Waals surface area contributed by atoms with Crippen LogP contribution in [0.1, 0.15) is 13.3 Å². The molecule has 0 aromatic heterocycles. The number of nitrogens with one attached hydrogen (secondary N) is 1. The van der Waals surface area contributed by atoms with Crippen molar-refractivity contribution in [3.63, 3.8) is 0 Å². The Kier molecular flexibility index (Phi) is 5.15. The van der Waals surface area contributed by atoms with E-state index in [4.69, 9.17) is 4.74 Å². The zero-order valence-electron chi connectivity index (χ0n) is 5.72. The molecule has 0 amide bonds. The van der Waals surface area contributed by atoms with Crippen molar-refractivity contribution in [1.29, 1.82) is 0 Å². The standard InChI is InChI=1S/C6H13NO.ClH/c1-2-3-8-6-4-7-5-6;/h6-7H,2-5H2,1H3;1H. The molecule has 0 unspecified atom stereocenters. The lowest BCUT2D eigenvalue weighted by Crippen LogP contribution is -2.48. The van der Waals surface area contributed by atoms with E-state index in [-0.39, 0.29) is 12.4 Å². The van der Waals surface area contributed by atoms with Gasteiger partial charge in [0.2, 0.25) is 0 Å². The largest absolute Gasteiger partial charge is 0.376 e. The van der Waals surface area contributed by atoms with E-state index in [2.05, 4.69) is 12.2 Å². The quantitative estimate of drug-likeness (QED) is 0.645. The summed E-state index contributed by atoms with van der Waals surface area (Å²) in [5.41, 5.74) is 0. The monoisotopic (exact) mass is 151 g/mol. The molecule has 0 spiro atoms. The average Bonchev–Trinajstić information content (AvgIpc) is 1.63. The van der Waals surface area contributed by atoms with E-state index in [1.165, 1.54) is 0 Å². The summed E-state index contributed by atoms with van der Waals surface area (Å²) < 4.78 is 5.36. The highest BCUT2D eigenvalue weighted by molar-refractivity contribution is 5.85. The summed E-state index contributed by atoms with van der Waals surface area (Å²) in [5.74, 6) is 0. The second kappa shape index (κ2) is 5.03. The number of ether oxygens (including phenoxy) is 1. The molecular weight excluding hydrogens is 138 g/mol. The van der Waals surface area contributed by atoms with E-state index in [1.807, 2.05) is 0 Å². The molecule has 0 radical (unpaired) electrons. The zero-order chi connectivity index (χ0) is 5.82. The molecule has 2 nitrogen and oxygen atoms in total. The van der Waals surface area contributed by atoms with Crippen molar-refractivity contribution in [2.45, 2.75) is 19.4 Å². The van der Waals surface area contributed by atoms with Crippen molar-refractivity contribution in [3.05, 3.63) is 0 Å². The summed E-state index contributed by atoms with van der Waals surface area (Å²) in [6.45, 7) is 5.17. The normalized spacial score (nSPS) is 18.3. The van der Waals surface area contributed by atoms with Crippen LogP contribution >= 0.6 is 12.4 Å². The summed E-state index contributed by atoms with van der Waals surface area (Å²) in [7, 11) is 0. The highest BCUT2D eigenvalue weighted by Gasteiger charge is 2.15. The molecule has 0 saturated carbocycles. The summed E-state index contributed by atoms with van der Waals surface area (Å²) in [4.78, 5) is 0. The Balaban J connectivity index is 0.000000640. The molecule has 1 heterocycles. The first-order valence-electron chi connectivity index (χ1n) is 3.26. The van der Waals surface area contributed by atoms with Gasteiger partial charge in [-0.1, -0.05) is 6.92 Å². The predicted octanol–water partition coefficient (Wildman–Crippen LogP) is 0.807. The molecule has 1 rings (SSSR count). The minimum absolute atomic E-state index is 0. The molecule has 1 fully saturated rings. The van der Waals surface area contributed by atoms with Crippen LogP contribution in [0.15, 0.2) is 0 Å². The molecule has 1 aliphatic heterocycles. The van der Waals surface area contributed by atoms with Crippen LogP contribution in [-0.2, 0) is 4.74 Å². The maximum Gasteiger partial charge on any atom is 0.0823 e. The van der Waals surface area contributed by atoms with E-state index >= 15 is 0 Å². The lowest BCUT2D eigenvalue weighted by molar-refractivity contribution is 0.0194. The Morgan fingerprint density at radius 3 is 2.56 bits per heavy atom. The van der Waals surface area contributed by atoms with Gasteiger partial charge in [0.05, 0.1) is 6.10 Å². The summed E-state index contributed by atoms with van der Waals surface area (Å²) in [6.07, 6.45) is 1.66. The van der Waals surface area contributed by atoms with Crippen LogP contribution in [0.5, 0.6) is 0 Å². The van der Waals surface area contributed by atoms with Crippen LogP contribution in [0.3, 0.4) is 0 Å². The summed E-state index contributed by atoms with van der Waals surface area (Å²) in [5, 5.41) is 3.15. The number of hydrogen-bond donors (Lipinski definition) is 1. The fraction of sp³-hybridized carbons (Fsp3) is 1.00. The van der Waals surface area contributed by atoms with Crippen molar-refractivity contribution < 1.29 is 4.74 Å². The first-order valence-corrected chi connectivity index (χ1v) is 3.26. The molecule has 0 atom stereocenters. The third-order valence-electron chi connectivity index (χ3n) is 1.30. The van der Waals surface area contributed by atoms with E-state index in [9.17, 15) is 0 Å². The van der Waals surface area contributed by atoms with Gasteiger partial charge in [-0.3, -0.25) is 0 Å². The van der Waals surface area contributed by atoms with Gasteiger partial charge in [0.15, 0.2) is 0 Å². The summed E-state index contributed by atoms with van der Waals surface area (Å²) in [6, 6.07) is 0. The average molecular weight is 152 g/mol. The summed E-state index contributed by atoms with van der Waals surface area (Å²) >= 11 is 0. The molecule has 9 heavy (non-hydrogen) atoms. The van der Waals surface area contributed by atoms with Crippen LogP contribution < -0.4 is 5.32 Å². The van der Waals surface area contributed by atoms with Crippen LogP contribution in [-0.4, -0.2) is 25.8 Å². The Hall–Kier alpha value is 0.210. The Labute approximate surface area is 62.4 Å². The molecule has 56 valence electrons. The van der Waals surface area contributed by atoms with Crippen molar-refractivity contribution in [3.8, 4) is 0 Å². The third-order valence-corrected chi connectivity index (χ3v) is 1.30. The van der Waals surface area contributed by atoms with Crippen LogP contribution in [0.25, 0.3) is 0 Å². The molecule has 0 bridgehead atoms. The van der Waals surface area contributed by atoms with E-state index < -0.39 is 0 Å². The van der Waals surface area contributed by atoms with Gasteiger partial charge < -0.3 is 10.1 Å².